The number of likely N-dealkylation sites (tertiary alicyclic amines) is 1. The first-order chi connectivity index (χ1) is 13.6. The maximum absolute atomic E-state index is 12.6. The Kier molecular flexibility index (Phi) is 5.98. The first-order valence-electron chi connectivity index (χ1n) is 9.83. The minimum Gasteiger partial charge on any atom is -0.342 e. The van der Waals surface area contributed by atoms with Gasteiger partial charge in [-0.2, -0.15) is 0 Å². The monoisotopic (exact) mass is 412 g/mol. The molecule has 1 saturated heterocycles. The average molecular weight is 413 g/mol. The number of carbonyl (C=O) groups is 1. The molecule has 0 radical (unpaired) electrons. The van der Waals surface area contributed by atoms with E-state index in [0.29, 0.717) is 5.75 Å². The zero-order chi connectivity index (χ0) is 19.5. The van der Waals surface area contributed by atoms with Crippen molar-refractivity contribution < 1.29 is 4.79 Å². The van der Waals surface area contributed by atoms with Gasteiger partial charge >= 0.3 is 0 Å². The van der Waals surface area contributed by atoms with Crippen LogP contribution in [0.3, 0.4) is 0 Å². The van der Waals surface area contributed by atoms with Gasteiger partial charge in [0.15, 0.2) is 0 Å². The van der Waals surface area contributed by atoms with E-state index in [1.54, 1.807) is 11.8 Å². The third kappa shape index (κ3) is 4.23. The number of benzene rings is 2. The molecular weight excluding hydrogens is 388 g/mol. The molecule has 146 valence electrons. The summed E-state index contributed by atoms with van der Waals surface area (Å²) in [4.78, 5) is 15.8. The van der Waals surface area contributed by atoms with Crippen molar-refractivity contribution in [1.29, 1.82) is 0 Å². The van der Waals surface area contributed by atoms with E-state index in [2.05, 4.69) is 48.0 Å². The first-order valence-corrected chi connectivity index (χ1v) is 11.2. The molecule has 0 saturated carbocycles. The van der Waals surface area contributed by atoms with Crippen LogP contribution in [0.4, 0.5) is 0 Å². The number of hydrogen-bond donors (Lipinski definition) is 0. The molecule has 0 aliphatic carbocycles. The second kappa shape index (κ2) is 8.62. The molecule has 4 rings (SSSR count). The van der Waals surface area contributed by atoms with Crippen LogP contribution in [0.25, 0.3) is 10.9 Å². The van der Waals surface area contributed by atoms with Crippen LogP contribution in [0, 0.1) is 5.92 Å². The van der Waals surface area contributed by atoms with Crippen LogP contribution in [0.2, 0.25) is 5.02 Å². The molecule has 0 atom stereocenters. The van der Waals surface area contributed by atoms with Gasteiger partial charge in [0.25, 0.3) is 0 Å². The number of carbonyl (C=O) groups excluding carboxylic acids is 1. The molecule has 0 spiro atoms. The Morgan fingerprint density at radius 2 is 1.82 bits per heavy atom. The summed E-state index contributed by atoms with van der Waals surface area (Å²) in [6.45, 7) is 4.78. The minimum atomic E-state index is 0.250. The van der Waals surface area contributed by atoms with E-state index < -0.39 is 0 Å². The van der Waals surface area contributed by atoms with Crippen LogP contribution < -0.4 is 0 Å². The van der Waals surface area contributed by atoms with Gasteiger partial charge in [-0.25, -0.2) is 0 Å². The van der Waals surface area contributed by atoms with E-state index in [1.807, 2.05) is 23.1 Å². The molecule has 0 unspecified atom stereocenters. The topological polar surface area (TPSA) is 25.2 Å². The average Bonchev–Trinajstić information content (AvgIpc) is 3.06. The van der Waals surface area contributed by atoms with Gasteiger partial charge in [0.05, 0.1) is 5.75 Å². The summed E-state index contributed by atoms with van der Waals surface area (Å²) in [5, 5.41) is 1.98. The number of thioether (sulfide) groups is 1. The molecule has 28 heavy (non-hydrogen) atoms. The molecule has 0 N–H and O–H groups in total. The zero-order valence-corrected chi connectivity index (χ0v) is 17.7. The van der Waals surface area contributed by atoms with Crippen LogP contribution in [-0.4, -0.2) is 34.2 Å². The van der Waals surface area contributed by atoms with Gasteiger partial charge < -0.3 is 9.47 Å². The normalized spacial score (nSPS) is 15.3. The minimum absolute atomic E-state index is 0.250. The Balaban J connectivity index is 1.51. The molecule has 1 aliphatic heterocycles. The van der Waals surface area contributed by atoms with E-state index >= 15 is 0 Å². The predicted octanol–water partition coefficient (Wildman–Crippen LogP) is 5.69. The van der Waals surface area contributed by atoms with Crippen molar-refractivity contribution in [1.82, 2.24) is 9.47 Å². The number of fused-ring (bicyclic) bond motifs is 1. The smallest absolute Gasteiger partial charge is 0.232 e. The fourth-order valence-corrected chi connectivity index (χ4v) is 4.94. The fraction of sp³-hybridized carbons (Fsp3) is 0.348. The first kappa shape index (κ1) is 19.4. The van der Waals surface area contributed by atoms with Crippen molar-refractivity contribution in [3.63, 3.8) is 0 Å². The van der Waals surface area contributed by atoms with Crippen LogP contribution in [-0.2, 0) is 11.3 Å². The summed E-state index contributed by atoms with van der Waals surface area (Å²) < 4.78 is 2.23. The molecule has 2 heterocycles. The highest BCUT2D eigenvalue weighted by molar-refractivity contribution is 8.00. The van der Waals surface area contributed by atoms with E-state index in [9.17, 15) is 4.79 Å². The number of nitrogens with zero attached hydrogens (tertiary/aromatic N) is 2. The molecule has 1 aliphatic rings. The van der Waals surface area contributed by atoms with Gasteiger partial charge in [-0.3, -0.25) is 4.79 Å². The number of para-hydroxylation sites is 1. The molecule has 1 aromatic heterocycles. The van der Waals surface area contributed by atoms with Crippen LogP contribution in [0.15, 0.2) is 59.6 Å². The second-order valence-corrected chi connectivity index (χ2v) is 9.01. The Labute approximate surface area is 175 Å². The lowest BCUT2D eigenvalue weighted by atomic mass is 9.99. The number of amides is 1. The summed E-state index contributed by atoms with van der Waals surface area (Å²) >= 11 is 8.01. The second-order valence-electron chi connectivity index (χ2n) is 7.58. The van der Waals surface area contributed by atoms with Crippen molar-refractivity contribution in [2.24, 2.45) is 5.92 Å². The number of halogens is 1. The quantitative estimate of drug-likeness (QED) is 0.502. The predicted molar refractivity (Wildman–Crippen MR) is 118 cm³/mol. The fourth-order valence-electron chi connectivity index (χ4n) is 3.76. The van der Waals surface area contributed by atoms with E-state index in [-0.39, 0.29) is 5.91 Å². The van der Waals surface area contributed by atoms with Gasteiger partial charge in [-0.15, -0.1) is 11.8 Å². The lowest BCUT2D eigenvalue weighted by molar-refractivity contribution is -0.129. The molecular formula is C23H25ClN2OS. The van der Waals surface area contributed by atoms with Gasteiger partial charge in [0.1, 0.15) is 0 Å². The number of hydrogen-bond acceptors (Lipinski definition) is 2. The van der Waals surface area contributed by atoms with Crippen LogP contribution in [0.5, 0.6) is 0 Å². The Morgan fingerprint density at radius 3 is 2.61 bits per heavy atom. The van der Waals surface area contributed by atoms with Crippen molar-refractivity contribution >= 4 is 40.2 Å². The van der Waals surface area contributed by atoms with Crippen LogP contribution in [0.1, 0.15) is 25.3 Å². The summed E-state index contributed by atoms with van der Waals surface area (Å²) in [7, 11) is 0. The van der Waals surface area contributed by atoms with Crippen LogP contribution >= 0.6 is 23.4 Å². The standard InChI is InChI=1S/C23H25ClN2OS/c1-17-10-12-25(13-11-17)23(27)16-28-22-15-26(21-9-5-3-7-19(21)22)14-18-6-2-4-8-20(18)24/h2-9,15,17H,10-14,16H2,1H3. The Morgan fingerprint density at radius 1 is 1.11 bits per heavy atom. The van der Waals surface area contributed by atoms with Gasteiger partial charge in [-0.1, -0.05) is 54.9 Å². The Hall–Kier alpha value is -1.91. The SMILES string of the molecule is CC1CCN(C(=O)CSc2cn(Cc3ccccc3Cl)c3ccccc23)CC1. The highest BCUT2D eigenvalue weighted by Crippen LogP contribution is 2.31. The highest BCUT2D eigenvalue weighted by atomic mass is 35.5. The lowest BCUT2D eigenvalue weighted by Crippen LogP contribution is -2.38. The van der Waals surface area contributed by atoms with Crippen molar-refractivity contribution in [3.05, 3.63) is 65.3 Å². The maximum Gasteiger partial charge on any atom is 0.232 e. The summed E-state index contributed by atoms with van der Waals surface area (Å²) in [6.07, 6.45) is 4.39. The molecule has 1 fully saturated rings. The summed E-state index contributed by atoms with van der Waals surface area (Å²) in [6, 6.07) is 16.3. The number of piperidine rings is 1. The molecule has 0 bridgehead atoms. The number of rotatable bonds is 5. The van der Waals surface area contributed by atoms with Crippen molar-refractivity contribution in [2.45, 2.75) is 31.2 Å². The van der Waals surface area contributed by atoms with E-state index in [1.165, 1.54) is 10.9 Å². The van der Waals surface area contributed by atoms with Gasteiger partial charge in [0.2, 0.25) is 5.91 Å². The number of aromatic nitrogens is 1. The molecule has 5 heteroatoms. The third-order valence-electron chi connectivity index (χ3n) is 5.54. The zero-order valence-electron chi connectivity index (χ0n) is 16.1. The molecule has 3 nitrogen and oxygen atoms in total. The molecule has 1 amide bonds. The van der Waals surface area contributed by atoms with Crippen molar-refractivity contribution in [2.75, 3.05) is 18.8 Å². The van der Waals surface area contributed by atoms with Gasteiger partial charge in [0, 0.05) is 46.7 Å². The third-order valence-corrected chi connectivity index (χ3v) is 6.93. The molecule has 3 aromatic rings. The summed E-state index contributed by atoms with van der Waals surface area (Å²) in [5.41, 5.74) is 2.27. The van der Waals surface area contributed by atoms with Gasteiger partial charge in [-0.05, 0) is 36.5 Å². The summed E-state index contributed by atoms with van der Waals surface area (Å²) in [5.74, 6) is 1.48. The Bertz CT molecular complexity index is 976. The lowest BCUT2D eigenvalue weighted by Gasteiger charge is -2.30. The van der Waals surface area contributed by atoms with E-state index in [0.717, 1.165) is 53.9 Å². The molecule has 2 aromatic carbocycles. The van der Waals surface area contributed by atoms with Crippen molar-refractivity contribution in [3.8, 4) is 0 Å². The largest absolute Gasteiger partial charge is 0.342 e. The maximum atomic E-state index is 12.6. The van der Waals surface area contributed by atoms with E-state index in [4.69, 9.17) is 11.6 Å². The highest BCUT2D eigenvalue weighted by Gasteiger charge is 2.21.